The van der Waals surface area contributed by atoms with Crippen molar-refractivity contribution in [3.63, 3.8) is 0 Å². The SMILES string of the molecule is CCn1c(=O)n(C2CCCC2)c2ccc(-c3[nH]c(C4CCNCC4)nc3-c3cccc(C)c3)cc21. The van der Waals surface area contributed by atoms with Crippen molar-refractivity contribution in [1.29, 1.82) is 0 Å². The van der Waals surface area contributed by atoms with Gasteiger partial charge in [0.15, 0.2) is 0 Å². The van der Waals surface area contributed by atoms with Crippen LogP contribution in [0, 0.1) is 6.92 Å². The fourth-order valence-electron chi connectivity index (χ4n) is 6.15. The van der Waals surface area contributed by atoms with Gasteiger partial charge in [0.25, 0.3) is 0 Å². The van der Waals surface area contributed by atoms with Crippen LogP contribution in [0.2, 0.25) is 0 Å². The fraction of sp³-hybridized carbons (Fsp3) is 0.448. The number of rotatable bonds is 5. The van der Waals surface area contributed by atoms with Gasteiger partial charge in [0.1, 0.15) is 5.82 Å². The maximum absolute atomic E-state index is 13.4. The highest BCUT2D eigenvalue weighted by Gasteiger charge is 2.25. The molecule has 6 heteroatoms. The van der Waals surface area contributed by atoms with Gasteiger partial charge in [-0.2, -0.15) is 0 Å². The summed E-state index contributed by atoms with van der Waals surface area (Å²) in [5, 5.41) is 3.46. The number of aromatic nitrogens is 4. The number of aromatic amines is 1. The van der Waals surface area contributed by atoms with Crippen LogP contribution in [-0.4, -0.2) is 32.2 Å². The third kappa shape index (κ3) is 3.94. The number of piperidine rings is 1. The van der Waals surface area contributed by atoms with Gasteiger partial charge in [-0.3, -0.25) is 9.13 Å². The monoisotopic (exact) mass is 469 g/mol. The van der Waals surface area contributed by atoms with E-state index in [1.165, 1.54) is 18.4 Å². The average molecular weight is 470 g/mol. The zero-order valence-electron chi connectivity index (χ0n) is 20.8. The lowest BCUT2D eigenvalue weighted by Crippen LogP contribution is -2.27. The number of fused-ring (bicyclic) bond motifs is 1. The second kappa shape index (κ2) is 9.15. The van der Waals surface area contributed by atoms with Crippen molar-refractivity contribution in [3.05, 3.63) is 64.3 Å². The Balaban J connectivity index is 1.51. The molecule has 0 spiro atoms. The highest BCUT2D eigenvalue weighted by atomic mass is 16.1. The molecule has 0 atom stereocenters. The van der Waals surface area contributed by atoms with Gasteiger partial charge < -0.3 is 10.3 Å². The molecule has 0 radical (unpaired) electrons. The van der Waals surface area contributed by atoms with Crippen molar-refractivity contribution < 1.29 is 0 Å². The first kappa shape index (κ1) is 22.4. The van der Waals surface area contributed by atoms with Gasteiger partial charge in [-0.25, -0.2) is 9.78 Å². The van der Waals surface area contributed by atoms with E-state index in [4.69, 9.17) is 4.98 Å². The number of nitrogens with zero attached hydrogens (tertiary/aromatic N) is 3. The molecule has 0 unspecified atom stereocenters. The number of hydrogen-bond acceptors (Lipinski definition) is 3. The van der Waals surface area contributed by atoms with Crippen LogP contribution >= 0.6 is 0 Å². The van der Waals surface area contributed by atoms with E-state index in [0.717, 1.165) is 78.1 Å². The Morgan fingerprint density at radius 1 is 0.971 bits per heavy atom. The zero-order chi connectivity index (χ0) is 23.9. The van der Waals surface area contributed by atoms with E-state index in [2.05, 4.69) is 71.2 Å². The molecule has 1 saturated carbocycles. The molecule has 0 bridgehead atoms. The van der Waals surface area contributed by atoms with Crippen LogP contribution in [-0.2, 0) is 6.54 Å². The van der Waals surface area contributed by atoms with E-state index < -0.39 is 0 Å². The molecule has 2 fully saturated rings. The van der Waals surface area contributed by atoms with Crippen LogP contribution in [0.4, 0.5) is 0 Å². The van der Waals surface area contributed by atoms with Crippen molar-refractivity contribution in [2.24, 2.45) is 0 Å². The minimum Gasteiger partial charge on any atom is -0.341 e. The summed E-state index contributed by atoms with van der Waals surface area (Å²) in [6.45, 7) is 6.93. The van der Waals surface area contributed by atoms with E-state index >= 15 is 0 Å². The molecule has 35 heavy (non-hydrogen) atoms. The van der Waals surface area contributed by atoms with Crippen LogP contribution in [0.15, 0.2) is 47.3 Å². The number of hydrogen-bond donors (Lipinski definition) is 2. The molecule has 2 N–H and O–H groups in total. The molecule has 6 rings (SSSR count). The summed E-state index contributed by atoms with van der Waals surface area (Å²) in [5.41, 5.74) is 7.71. The molecule has 182 valence electrons. The zero-order valence-corrected chi connectivity index (χ0v) is 20.8. The van der Waals surface area contributed by atoms with Crippen molar-refractivity contribution >= 4 is 11.0 Å². The van der Waals surface area contributed by atoms with Gasteiger partial charge in [0.2, 0.25) is 0 Å². The van der Waals surface area contributed by atoms with Crippen molar-refractivity contribution in [2.45, 2.75) is 70.9 Å². The first-order valence-electron chi connectivity index (χ1n) is 13.3. The number of aryl methyl sites for hydroxylation is 2. The minimum atomic E-state index is 0.130. The highest BCUT2D eigenvalue weighted by Crippen LogP contribution is 2.37. The minimum absolute atomic E-state index is 0.130. The number of nitrogens with one attached hydrogen (secondary N) is 2. The molecule has 3 heterocycles. The third-order valence-electron chi connectivity index (χ3n) is 8.00. The summed E-state index contributed by atoms with van der Waals surface area (Å²) < 4.78 is 4.00. The predicted octanol–water partition coefficient (Wildman–Crippen LogP) is 5.77. The van der Waals surface area contributed by atoms with Gasteiger partial charge in [-0.1, -0.05) is 42.7 Å². The summed E-state index contributed by atoms with van der Waals surface area (Å²) in [5.74, 6) is 1.52. The molecular weight excluding hydrogens is 434 g/mol. The van der Waals surface area contributed by atoms with Gasteiger partial charge in [0, 0.05) is 29.6 Å². The second-order valence-electron chi connectivity index (χ2n) is 10.3. The molecule has 2 aromatic carbocycles. The lowest BCUT2D eigenvalue weighted by molar-refractivity contribution is 0.447. The topological polar surface area (TPSA) is 67.6 Å². The molecule has 1 saturated heterocycles. The Kier molecular flexibility index (Phi) is 5.85. The normalized spacial score (nSPS) is 17.5. The Morgan fingerprint density at radius 2 is 1.77 bits per heavy atom. The molecule has 4 aromatic rings. The fourth-order valence-corrected chi connectivity index (χ4v) is 6.15. The van der Waals surface area contributed by atoms with Gasteiger partial charge >= 0.3 is 5.69 Å². The van der Waals surface area contributed by atoms with Gasteiger partial charge in [-0.05, 0) is 70.8 Å². The first-order chi connectivity index (χ1) is 17.1. The quantitative estimate of drug-likeness (QED) is 0.390. The van der Waals surface area contributed by atoms with E-state index in [1.807, 2.05) is 4.57 Å². The molecule has 1 aliphatic heterocycles. The molecule has 0 amide bonds. The average Bonchev–Trinajstić information content (AvgIpc) is 3.62. The Morgan fingerprint density at radius 3 is 2.51 bits per heavy atom. The van der Waals surface area contributed by atoms with Crippen molar-refractivity contribution in [2.75, 3.05) is 13.1 Å². The summed E-state index contributed by atoms with van der Waals surface area (Å²) in [7, 11) is 0. The maximum atomic E-state index is 13.4. The van der Waals surface area contributed by atoms with Crippen LogP contribution in [0.1, 0.15) is 68.8 Å². The third-order valence-corrected chi connectivity index (χ3v) is 8.00. The van der Waals surface area contributed by atoms with Crippen LogP contribution in [0.25, 0.3) is 33.5 Å². The summed E-state index contributed by atoms with van der Waals surface area (Å²) in [6, 6.07) is 15.4. The molecule has 2 aliphatic rings. The van der Waals surface area contributed by atoms with E-state index in [1.54, 1.807) is 0 Å². The summed E-state index contributed by atoms with van der Waals surface area (Å²) in [6.07, 6.45) is 6.81. The van der Waals surface area contributed by atoms with Crippen molar-refractivity contribution in [3.8, 4) is 22.5 Å². The standard InChI is InChI=1S/C29H35N5O/c1-3-33-25-18-22(11-12-24(25)34(29(33)35)23-9-4-5-10-23)27-26(21-8-6-7-19(2)17-21)31-28(32-27)20-13-15-30-16-14-20/h6-8,11-12,17-18,20,23,30H,3-5,9-10,13-16H2,1-2H3,(H,31,32). The number of imidazole rings is 2. The molecule has 6 nitrogen and oxygen atoms in total. The lowest BCUT2D eigenvalue weighted by Gasteiger charge is -2.20. The van der Waals surface area contributed by atoms with Gasteiger partial charge in [-0.15, -0.1) is 0 Å². The molecule has 2 aromatic heterocycles. The second-order valence-corrected chi connectivity index (χ2v) is 10.3. The Labute approximate surface area is 206 Å². The summed E-state index contributed by atoms with van der Waals surface area (Å²) >= 11 is 0. The van der Waals surface area contributed by atoms with Crippen LogP contribution < -0.4 is 11.0 Å². The Hall–Kier alpha value is -3.12. The highest BCUT2D eigenvalue weighted by molar-refractivity contribution is 5.86. The molecule has 1 aliphatic carbocycles. The lowest BCUT2D eigenvalue weighted by atomic mass is 9.97. The van der Waals surface area contributed by atoms with E-state index in [9.17, 15) is 4.79 Å². The van der Waals surface area contributed by atoms with Crippen LogP contribution in [0.5, 0.6) is 0 Å². The first-order valence-corrected chi connectivity index (χ1v) is 13.3. The van der Waals surface area contributed by atoms with E-state index in [0.29, 0.717) is 18.5 Å². The molecular formula is C29H35N5O. The number of H-pyrrole nitrogens is 1. The smallest absolute Gasteiger partial charge is 0.329 e. The van der Waals surface area contributed by atoms with Crippen molar-refractivity contribution in [1.82, 2.24) is 24.4 Å². The number of benzene rings is 2. The summed E-state index contributed by atoms with van der Waals surface area (Å²) in [4.78, 5) is 22.3. The largest absolute Gasteiger partial charge is 0.341 e. The van der Waals surface area contributed by atoms with Crippen LogP contribution in [0.3, 0.4) is 0 Å². The van der Waals surface area contributed by atoms with Gasteiger partial charge in [0.05, 0.1) is 22.4 Å². The maximum Gasteiger partial charge on any atom is 0.329 e. The Bertz CT molecular complexity index is 1410. The predicted molar refractivity (Wildman–Crippen MR) is 142 cm³/mol. The van der Waals surface area contributed by atoms with E-state index in [-0.39, 0.29) is 5.69 Å².